The molecule has 7 heteroatoms. The van der Waals surface area contributed by atoms with Gasteiger partial charge in [-0.2, -0.15) is 0 Å². The second-order valence-corrected chi connectivity index (χ2v) is 12.4. The highest BCUT2D eigenvalue weighted by Gasteiger charge is 2.59. The van der Waals surface area contributed by atoms with Crippen molar-refractivity contribution in [1.82, 2.24) is 4.90 Å². The zero-order valence-electron chi connectivity index (χ0n) is 27.1. The molecular formula is C41H38N2O5. The van der Waals surface area contributed by atoms with E-state index in [1.165, 1.54) is 0 Å². The van der Waals surface area contributed by atoms with E-state index in [9.17, 15) is 9.90 Å². The van der Waals surface area contributed by atoms with Crippen LogP contribution in [0.5, 0.6) is 11.5 Å². The standard InChI is InChI=1S/C41H38N2O5/c1-47-33-21-17-28(18-22-33)23-24-42-36-13-7-3-9-31(36)25-41(40(42)46)35-12-6-5-11-34(35)39(45)43(26-32-10-4-8-14-37(32)48-2)38(41)30-19-15-29(27-44)16-20-30/h3-22,38,44H,23-27H2,1-2H3/t38-,41-/m0/s1. The maximum Gasteiger partial charge on any atom is 0.255 e. The van der Waals surface area contributed by atoms with E-state index in [4.69, 9.17) is 9.47 Å². The predicted molar refractivity (Wildman–Crippen MR) is 185 cm³/mol. The molecule has 0 unspecified atom stereocenters. The van der Waals surface area contributed by atoms with Crippen LogP contribution in [0.4, 0.5) is 5.69 Å². The van der Waals surface area contributed by atoms with Crippen molar-refractivity contribution in [3.63, 3.8) is 0 Å². The monoisotopic (exact) mass is 638 g/mol. The van der Waals surface area contributed by atoms with E-state index in [1.54, 1.807) is 14.2 Å². The lowest BCUT2D eigenvalue weighted by Crippen LogP contribution is -2.62. The Morgan fingerprint density at radius 2 is 1.46 bits per heavy atom. The smallest absolute Gasteiger partial charge is 0.255 e. The summed E-state index contributed by atoms with van der Waals surface area (Å²) in [5.41, 5.74) is 5.58. The number of carbonyl (C=O) groups is 2. The zero-order valence-corrected chi connectivity index (χ0v) is 27.1. The van der Waals surface area contributed by atoms with Crippen molar-refractivity contribution in [2.24, 2.45) is 0 Å². The van der Waals surface area contributed by atoms with Crippen LogP contribution in [0.1, 0.15) is 49.8 Å². The third-order valence-electron chi connectivity index (χ3n) is 9.85. The van der Waals surface area contributed by atoms with Crippen molar-refractivity contribution in [3.8, 4) is 11.5 Å². The molecule has 0 fully saturated rings. The SMILES string of the molecule is COc1ccc(CCN2C(=O)[C@@]3(Cc4ccccc42)c2ccccc2C(=O)N(Cc2ccccc2OC)[C@H]3c2ccc(CO)cc2)cc1. The van der Waals surface area contributed by atoms with Crippen molar-refractivity contribution in [3.05, 3.63) is 160 Å². The molecule has 7 nitrogen and oxygen atoms in total. The number of nitrogens with zero attached hydrogens (tertiary/aromatic N) is 2. The van der Waals surface area contributed by atoms with Crippen LogP contribution in [0.15, 0.2) is 121 Å². The number of benzene rings is 5. The molecule has 0 saturated heterocycles. The molecule has 5 aromatic carbocycles. The van der Waals surface area contributed by atoms with Gasteiger partial charge in [-0.3, -0.25) is 9.59 Å². The molecule has 0 aromatic heterocycles. The van der Waals surface area contributed by atoms with Crippen LogP contribution in [0.25, 0.3) is 0 Å². The third kappa shape index (κ3) is 5.30. The molecule has 48 heavy (non-hydrogen) atoms. The Kier molecular flexibility index (Phi) is 8.46. The van der Waals surface area contributed by atoms with Crippen LogP contribution < -0.4 is 14.4 Å². The Morgan fingerprint density at radius 1 is 0.771 bits per heavy atom. The molecule has 1 spiro atoms. The number of methoxy groups -OCH3 is 2. The first-order valence-corrected chi connectivity index (χ1v) is 16.2. The second kappa shape index (κ2) is 13.0. The minimum absolute atomic E-state index is 0.0454. The maximum absolute atomic E-state index is 15.6. The summed E-state index contributed by atoms with van der Waals surface area (Å²) in [5.74, 6) is 1.27. The first kappa shape index (κ1) is 31.2. The van der Waals surface area contributed by atoms with E-state index < -0.39 is 11.5 Å². The van der Waals surface area contributed by atoms with E-state index in [0.29, 0.717) is 30.7 Å². The van der Waals surface area contributed by atoms with Crippen LogP contribution in [-0.4, -0.2) is 42.6 Å². The summed E-state index contributed by atoms with van der Waals surface area (Å²) in [6.07, 6.45) is 1.06. The molecule has 1 N–H and O–H groups in total. The van der Waals surface area contributed by atoms with E-state index in [1.807, 2.05) is 125 Å². The highest BCUT2D eigenvalue weighted by Crippen LogP contribution is 2.54. The van der Waals surface area contributed by atoms with Gasteiger partial charge in [-0.05, 0) is 71.0 Å². The predicted octanol–water partition coefficient (Wildman–Crippen LogP) is 6.66. The van der Waals surface area contributed by atoms with Gasteiger partial charge in [0.15, 0.2) is 0 Å². The molecule has 2 aliphatic rings. The van der Waals surface area contributed by atoms with Gasteiger partial charge in [-0.25, -0.2) is 0 Å². The van der Waals surface area contributed by atoms with Gasteiger partial charge in [0.2, 0.25) is 5.91 Å². The van der Waals surface area contributed by atoms with Crippen molar-refractivity contribution < 1.29 is 24.2 Å². The Morgan fingerprint density at radius 3 is 2.21 bits per heavy atom. The summed E-state index contributed by atoms with van der Waals surface area (Å²) >= 11 is 0. The Balaban J connectivity index is 1.43. The Hall–Kier alpha value is -5.40. The van der Waals surface area contributed by atoms with Crippen LogP contribution >= 0.6 is 0 Å². The number of para-hydroxylation sites is 2. The number of hydrogen-bond donors (Lipinski definition) is 1. The topological polar surface area (TPSA) is 79.3 Å². The van der Waals surface area contributed by atoms with Crippen LogP contribution in [0, 0.1) is 0 Å². The number of carbonyl (C=O) groups excluding carboxylic acids is 2. The molecule has 0 aliphatic carbocycles. The fourth-order valence-corrected chi connectivity index (χ4v) is 7.52. The van der Waals surface area contributed by atoms with Gasteiger partial charge >= 0.3 is 0 Å². The summed E-state index contributed by atoms with van der Waals surface area (Å²) in [6.45, 7) is 0.600. The quantitative estimate of drug-likeness (QED) is 0.195. The summed E-state index contributed by atoms with van der Waals surface area (Å²) in [6, 6.07) is 38.3. The second-order valence-electron chi connectivity index (χ2n) is 12.4. The average molecular weight is 639 g/mol. The third-order valence-corrected chi connectivity index (χ3v) is 9.85. The molecule has 5 aromatic rings. The summed E-state index contributed by atoms with van der Waals surface area (Å²) in [5, 5.41) is 9.88. The van der Waals surface area contributed by atoms with Crippen molar-refractivity contribution >= 4 is 17.5 Å². The molecule has 2 atom stereocenters. The fourth-order valence-electron chi connectivity index (χ4n) is 7.52. The van der Waals surface area contributed by atoms with Crippen molar-refractivity contribution in [1.29, 1.82) is 0 Å². The molecule has 2 heterocycles. The van der Waals surface area contributed by atoms with Gasteiger partial charge in [0.1, 0.15) is 16.9 Å². The van der Waals surface area contributed by atoms with Gasteiger partial charge in [-0.15, -0.1) is 0 Å². The largest absolute Gasteiger partial charge is 0.497 e. The molecule has 2 amide bonds. The van der Waals surface area contributed by atoms with Crippen molar-refractivity contribution in [2.45, 2.75) is 37.5 Å². The molecule has 7 rings (SSSR count). The Labute approximate surface area is 281 Å². The van der Waals surface area contributed by atoms with E-state index in [-0.39, 0.29) is 25.0 Å². The molecule has 0 saturated carbocycles. The number of anilines is 1. The van der Waals surface area contributed by atoms with Crippen LogP contribution in [0.3, 0.4) is 0 Å². The number of fused-ring (bicyclic) bond motifs is 3. The summed E-state index contributed by atoms with van der Waals surface area (Å²) in [7, 11) is 3.27. The maximum atomic E-state index is 15.6. The van der Waals surface area contributed by atoms with Gasteiger partial charge in [-0.1, -0.05) is 91.0 Å². The van der Waals surface area contributed by atoms with Gasteiger partial charge in [0, 0.05) is 23.4 Å². The van der Waals surface area contributed by atoms with E-state index >= 15 is 4.79 Å². The first-order chi connectivity index (χ1) is 23.5. The summed E-state index contributed by atoms with van der Waals surface area (Å²) < 4.78 is 11.1. The minimum Gasteiger partial charge on any atom is -0.497 e. The molecule has 0 radical (unpaired) electrons. The number of aliphatic hydroxyl groups excluding tert-OH is 1. The molecule has 242 valence electrons. The average Bonchev–Trinajstić information content (AvgIpc) is 3.14. The number of aliphatic hydroxyl groups is 1. The van der Waals surface area contributed by atoms with Crippen LogP contribution in [0.2, 0.25) is 0 Å². The normalized spacial score (nSPS) is 18.4. The highest BCUT2D eigenvalue weighted by atomic mass is 16.5. The lowest BCUT2D eigenvalue weighted by molar-refractivity contribution is -0.127. The van der Waals surface area contributed by atoms with E-state index in [2.05, 4.69) is 6.07 Å². The molecule has 2 aliphatic heterocycles. The Bertz CT molecular complexity index is 1960. The van der Waals surface area contributed by atoms with Gasteiger partial charge in [0.05, 0.1) is 33.4 Å². The summed E-state index contributed by atoms with van der Waals surface area (Å²) in [4.78, 5) is 34.0. The lowest BCUT2D eigenvalue weighted by atomic mass is 9.61. The van der Waals surface area contributed by atoms with Crippen LogP contribution in [-0.2, 0) is 36.2 Å². The highest BCUT2D eigenvalue weighted by molar-refractivity contribution is 6.10. The van der Waals surface area contributed by atoms with Gasteiger partial charge < -0.3 is 24.4 Å². The fraction of sp³-hybridized carbons (Fsp3) is 0.220. The lowest BCUT2D eigenvalue weighted by Gasteiger charge is -2.53. The van der Waals surface area contributed by atoms with Crippen molar-refractivity contribution in [2.75, 3.05) is 25.7 Å². The number of hydrogen-bond acceptors (Lipinski definition) is 5. The first-order valence-electron chi connectivity index (χ1n) is 16.2. The number of ether oxygens (including phenoxy) is 2. The van der Waals surface area contributed by atoms with E-state index in [0.717, 1.165) is 44.8 Å². The molecule has 0 bridgehead atoms. The minimum atomic E-state index is -1.14. The zero-order chi connectivity index (χ0) is 33.3. The molecular weight excluding hydrogens is 600 g/mol. The number of rotatable bonds is 9. The number of amides is 2. The van der Waals surface area contributed by atoms with Gasteiger partial charge in [0.25, 0.3) is 5.91 Å².